The normalized spacial score (nSPS) is 20.6. The van der Waals surface area contributed by atoms with Crippen LogP contribution < -0.4 is 20.1 Å². The van der Waals surface area contributed by atoms with E-state index in [1.165, 1.54) is 6.08 Å². The molecule has 1 aliphatic carbocycles. The Balaban J connectivity index is 1.39. The van der Waals surface area contributed by atoms with Gasteiger partial charge < -0.3 is 19.5 Å². The molecule has 3 amide bonds. The first kappa shape index (κ1) is 19.7. The third-order valence-electron chi connectivity index (χ3n) is 4.83. The summed E-state index contributed by atoms with van der Waals surface area (Å²) in [4.78, 5) is 35.4. The first-order valence-corrected chi connectivity index (χ1v) is 9.36. The van der Waals surface area contributed by atoms with Gasteiger partial charge in [-0.3, -0.25) is 10.1 Å². The third kappa shape index (κ3) is 5.48. The number of urea groups is 1. The largest absolute Gasteiger partial charge is 0.454 e. The Hall–Kier alpha value is -3.03. The molecule has 1 aromatic carbocycles. The highest BCUT2D eigenvalue weighted by atomic mass is 16.7. The molecule has 8 nitrogen and oxygen atoms in total. The molecule has 8 heteroatoms. The summed E-state index contributed by atoms with van der Waals surface area (Å²) in [7, 11) is 0. The topological polar surface area (TPSA) is 103 Å². The van der Waals surface area contributed by atoms with Gasteiger partial charge in [0.2, 0.25) is 6.79 Å². The van der Waals surface area contributed by atoms with Gasteiger partial charge in [0, 0.05) is 12.1 Å². The van der Waals surface area contributed by atoms with Gasteiger partial charge in [-0.1, -0.05) is 25.8 Å². The van der Waals surface area contributed by atoms with Gasteiger partial charge in [-0.05, 0) is 42.5 Å². The van der Waals surface area contributed by atoms with E-state index in [0.717, 1.165) is 31.2 Å². The Kier molecular flexibility index (Phi) is 6.52. The minimum absolute atomic E-state index is 0.0636. The van der Waals surface area contributed by atoms with Crippen molar-refractivity contribution in [3.63, 3.8) is 0 Å². The van der Waals surface area contributed by atoms with Crippen LogP contribution in [-0.4, -0.2) is 37.3 Å². The number of imide groups is 1. The standard InChI is InChI=1S/C20H24N2O6/c1-13-4-2-3-5-15(13)21-20(25)22-18(23)11-26-19(24)9-7-14-6-8-16-17(10-14)28-12-27-16/h6-10,13,15H,2-5,11-12H2,1H3,(H2,21,22,23,25)/b9-7+/t13-,15-/m0/s1. The van der Waals surface area contributed by atoms with Crippen LogP contribution in [0, 0.1) is 5.92 Å². The number of benzene rings is 1. The number of ether oxygens (including phenoxy) is 3. The van der Waals surface area contributed by atoms with Crippen molar-refractivity contribution >= 4 is 24.0 Å². The van der Waals surface area contributed by atoms with Crippen molar-refractivity contribution in [3.8, 4) is 11.5 Å². The molecule has 2 atom stereocenters. The van der Waals surface area contributed by atoms with Crippen LogP contribution in [0.2, 0.25) is 0 Å². The average molecular weight is 388 g/mol. The first-order valence-electron chi connectivity index (χ1n) is 9.36. The van der Waals surface area contributed by atoms with E-state index in [4.69, 9.17) is 14.2 Å². The monoisotopic (exact) mass is 388 g/mol. The Morgan fingerprint density at radius 3 is 2.79 bits per heavy atom. The van der Waals surface area contributed by atoms with E-state index in [9.17, 15) is 14.4 Å². The van der Waals surface area contributed by atoms with Crippen LogP contribution in [0.15, 0.2) is 24.3 Å². The summed E-state index contributed by atoms with van der Waals surface area (Å²) in [6.45, 7) is 1.73. The Morgan fingerprint density at radius 2 is 1.96 bits per heavy atom. The number of hydrogen-bond donors (Lipinski definition) is 2. The number of hydrogen-bond acceptors (Lipinski definition) is 6. The minimum atomic E-state index is -0.686. The molecule has 2 aliphatic rings. The Morgan fingerprint density at radius 1 is 1.18 bits per heavy atom. The number of fused-ring (bicyclic) bond motifs is 1. The molecule has 1 fully saturated rings. The van der Waals surface area contributed by atoms with E-state index in [2.05, 4.69) is 17.6 Å². The summed E-state index contributed by atoms with van der Waals surface area (Å²) < 4.78 is 15.3. The predicted molar refractivity (Wildman–Crippen MR) is 101 cm³/mol. The van der Waals surface area contributed by atoms with Crippen LogP contribution in [0.5, 0.6) is 11.5 Å². The molecule has 1 saturated carbocycles. The fourth-order valence-electron chi connectivity index (χ4n) is 3.26. The molecule has 0 spiro atoms. The molecule has 0 unspecified atom stereocenters. The molecule has 1 heterocycles. The lowest BCUT2D eigenvalue weighted by atomic mass is 9.86. The van der Waals surface area contributed by atoms with Crippen molar-refractivity contribution in [2.75, 3.05) is 13.4 Å². The molecule has 1 aliphatic heterocycles. The van der Waals surface area contributed by atoms with Gasteiger partial charge in [0.15, 0.2) is 18.1 Å². The molecule has 0 aromatic heterocycles. The van der Waals surface area contributed by atoms with E-state index >= 15 is 0 Å². The van der Waals surface area contributed by atoms with Crippen molar-refractivity contribution in [2.24, 2.45) is 5.92 Å². The SMILES string of the molecule is C[C@H]1CCCC[C@@H]1NC(=O)NC(=O)COC(=O)/C=C/c1ccc2c(c1)OCO2. The highest BCUT2D eigenvalue weighted by Crippen LogP contribution is 2.32. The Labute approximate surface area is 163 Å². The van der Waals surface area contributed by atoms with Crippen molar-refractivity contribution in [2.45, 2.75) is 38.6 Å². The average Bonchev–Trinajstić information content (AvgIpc) is 3.14. The number of rotatable bonds is 5. The van der Waals surface area contributed by atoms with Gasteiger partial charge >= 0.3 is 12.0 Å². The molecule has 0 bridgehead atoms. The van der Waals surface area contributed by atoms with E-state index in [0.29, 0.717) is 17.4 Å². The maximum Gasteiger partial charge on any atom is 0.331 e. The molecule has 0 radical (unpaired) electrons. The lowest BCUT2D eigenvalue weighted by molar-refractivity contribution is -0.143. The summed E-state index contributed by atoms with van der Waals surface area (Å²) in [5.41, 5.74) is 0.728. The molecule has 2 N–H and O–H groups in total. The number of esters is 1. The highest BCUT2D eigenvalue weighted by Gasteiger charge is 2.23. The van der Waals surface area contributed by atoms with Crippen molar-refractivity contribution < 1.29 is 28.6 Å². The smallest absolute Gasteiger partial charge is 0.331 e. The molecular formula is C20H24N2O6. The van der Waals surface area contributed by atoms with Gasteiger partial charge in [-0.25, -0.2) is 9.59 Å². The van der Waals surface area contributed by atoms with Gasteiger partial charge in [0.25, 0.3) is 5.91 Å². The van der Waals surface area contributed by atoms with Crippen molar-refractivity contribution in [1.29, 1.82) is 0 Å². The van der Waals surface area contributed by atoms with Crippen molar-refractivity contribution in [1.82, 2.24) is 10.6 Å². The van der Waals surface area contributed by atoms with Gasteiger partial charge in [-0.15, -0.1) is 0 Å². The number of amides is 3. The van der Waals surface area contributed by atoms with E-state index < -0.39 is 24.5 Å². The highest BCUT2D eigenvalue weighted by molar-refractivity contribution is 5.96. The zero-order valence-corrected chi connectivity index (χ0v) is 15.7. The maximum absolute atomic E-state index is 11.9. The first-order chi connectivity index (χ1) is 13.5. The molecule has 150 valence electrons. The van der Waals surface area contributed by atoms with Gasteiger partial charge in [0.1, 0.15) is 0 Å². The second-order valence-electron chi connectivity index (χ2n) is 6.94. The van der Waals surface area contributed by atoms with E-state index in [-0.39, 0.29) is 12.8 Å². The predicted octanol–water partition coefficient (Wildman–Crippen LogP) is 2.38. The summed E-state index contributed by atoms with van der Waals surface area (Å²) in [5.74, 6) is 0.277. The number of carbonyl (C=O) groups excluding carboxylic acids is 3. The fraction of sp³-hybridized carbons (Fsp3) is 0.450. The summed E-state index contributed by atoms with van der Waals surface area (Å²) in [6.07, 6.45) is 6.94. The van der Waals surface area contributed by atoms with Crippen LogP contribution >= 0.6 is 0 Å². The molecule has 1 aromatic rings. The zero-order valence-electron chi connectivity index (χ0n) is 15.7. The minimum Gasteiger partial charge on any atom is -0.454 e. The summed E-state index contributed by atoms with van der Waals surface area (Å²) in [5, 5.41) is 4.99. The van der Waals surface area contributed by atoms with Crippen LogP contribution in [-0.2, 0) is 14.3 Å². The lowest BCUT2D eigenvalue weighted by Crippen LogP contribution is -2.48. The van der Waals surface area contributed by atoms with E-state index in [1.54, 1.807) is 24.3 Å². The van der Waals surface area contributed by atoms with Gasteiger partial charge in [0.05, 0.1) is 0 Å². The summed E-state index contributed by atoms with van der Waals surface area (Å²) >= 11 is 0. The molecule has 3 rings (SSSR count). The van der Waals surface area contributed by atoms with E-state index in [1.807, 2.05) is 0 Å². The number of carbonyl (C=O) groups is 3. The summed E-state index contributed by atoms with van der Waals surface area (Å²) in [6, 6.07) is 4.74. The molecule has 0 saturated heterocycles. The lowest BCUT2D eigenvalue weighted by Gasteiger charge is -2.29. The fourth-order valence-corrected chi connectivity index (χ4v) is 3.26. The van der Waals surface area contributed by atoms with Crippen LogP contribution in [0.1, 0.15) is 38.2 Å². The Bertz CT molecular complexity index is 776. The van der Waals surface area contributed by atoms with Gasteiger partial charge in [-0.2, -0.15) is 0 Å². The quantitative estimate of drug-likeness (QED) is 0.593. The second kappa shape index (κ2) is 9.25. The number of nitrogens with one attached hydrogen (secondary N) is 2. The molecule has 28 heavy (non-hydrogen) atoms. The van der Waals surface area contributed by atoms with Crippen LogP contribution in [0.4, 0.5) is 4.79 Å². The molecular weight excluding hydrogens is 364 g/mol. The maximum atomic E-state index is 11.9. The van der Waals surface area contributed by atoms with Crippen LogP contribution in [0.25, 0.3) is 6.08 Å². The van der Waals surface area contributed by atoms with Crippen molar-refractivity contribution in [3.05, 3.63) is 29.8 Å². The zero-order chi connectivity index (χ0) is 19.9. The third-order valence-corrected chi connectivity index (χ3v) is 4.83. The second-order valence-corrected chi connectivity index (χ2v) is 6.94. The van der Waals surface area contributed by atoms with Crippen LogP contribution in [0.3, 0.4) is 0 Å².